The van der Waals surface area contributed by atoms with Gasteiger partial charge in [-0.1, -0.05) is 0 Å². The third kappa shape index (κ3) is 39.9. The van der Waals surface area contributed by atoms with Crippen LogP contribution in [0.15, 0.2) is 72.8 Å². The lowest BCUT2D eigenvalue weighted by atomic mass is 10.3. The van der Waals surface area contributed by atoms with Crippen LogP contribution in [0.2, 0.25) is 0 Å². The lowest BCUT2D eigenvalue weighted by Gasteiger charge is -2.27. The molecule has 0 aromatic heterocycles. The van der Waals surface area contributed by atoms with E-state index >= 15 is 0 Å². The summed E-state index contributed by atoms with van der Waals surface area (Å²) in [6, 6.07) is 11.2. The predicted octanol–water partition coefficient (Wildman–Crippen LogP) is 7.66. The van der Waals surface area contributed by atoms with Crippen LogP contribution in [-0.2, 0) is 46.8 Å². The van der Waals surface area contributed by atoms with E-state index in [1.807, 2.05) is 11.3 Å². The summed E-state index contributed by atoms with van der Waals surface area (Å²) in [5, 5.41) is 36.6. The van der Waals surface area contributed by atoms with E-state index in [1.165, 1.54) is 56.3 Å². The Balaban J connectivity index is -0.000000469. The molecule has 0 bridgehead atoms. The van der Waals surface area contributed by atoms with Crippen molar-refractivity contribution in [3.8, 4) is 30.1 Å². The highest BCUT2D eigenvalue weighted by atomic mass is 35.5. The SMILES string of the molecule is CC(C)OC(=O)C(C)N.CC(C)OC(=O)C(C)NP(=O)([O-])Oc1ccc([N+](=O)[O-])cc1.CSCCl.CSCOP(=O)(NC(C)C(=O)OC(C)C)Oc1ccc([N+](=O)[O-])cc1.Cl.O=[N+]([O-])c1ccc(OP(=O)([O-])O)cc1.[2H]C#C. The molecule has 0 heterocycles. The first kappa shape index (κ1) is 76.2. The van der Waals surface area contributed by atoms with Crippen LogP contribution in [0.25, 0.3) is 0 Å². The van der Waals surface area contributed by atoms with E-state index in [0.717, 1.165) is 48.5 Å². The number of benzene rings is 3. The van der Waals surface area contributed by atoms with Crippen LogP contribution in [0.4, 0.5) is 17.1 Å². The Morgan fingerprint density at radius 1 is 0.649 bits per heavy atom. The van der Waals surface area contributed by atoms with Gasteiger partial charge in [-0.05, 0) is 111 Å². The molecule has 0 aliphatic carbocycles. The summed E-state index contributed by atoms with van der Waals surface area (Å²) in [5.74, 6) is -1.81. The van der Waals surface area contributed by atoms with Gasteiger partial charge in [0.05, 0.1) is 38.3 Å². The molecule has 28 nitrogen and oxygen atoms in total. The van der Waals surface area contributed by atoms with Crippen molar-refractivity contribution < 1.29 is 91.2 Å². The number of carbonyl (C=O) groups is 3. The molecule has 0 amide bonds. The second kappa shape index (κ2) is 41.0. The molecule has 0 spiro atoms. The molecule has 0 radical (unpaired) electrons. The number of phosphoric ester groups is 1. The van der Waals surface area contributed by atoms with Crippen LogP contribution in [0.3, 0.4) is 0 Å². The Hall–Kier alpha value is -5.08. The number of nitrogens with zero attached hydrogens (tertiary/aromatic N) is 3. The maximum Gasteiger partial charge on any atom is 0.460 e. The first-order chi connectivity index (χ1) is 35.5. The first-order valence-electron chi connectivity index (χ1n) is 21.8. The molecule has 35 heteroatoms. The van der Waals surface area contributed by atoms with E-state index in [4.69, 9.17) is 51.4 Å². The molecule has 77 heavy (non-hydrogen) atoms. The molecule has 0 saturated heterocycles. The Bertz CT molecular complexity index is 2460. The number of nitrogens with one attached hydrogen (secondary N) is 2. The summed E-state index contributed by atoms with van der Waals surface area (Å²) in [6.07, 6.45) is 8.71. The number of alkyl halides is 1. The zero-order chi connectivity index (χ0) is 60.3. The minimum atomic E-state index is -4.85. The summed E-state index contributed by atoms with van der Waals surface area (Å²) >= 11 is 8.04. The average molecular weight is 1230 g/mol. The zero-order valence-electron chi connectivity index (χ0n) is 44.3. The van der Waals surface area contributed by atoms with Gasteiger partial charge in [-0.2, -0.15) is 5.09 Å². The minimum absolute atomic E-state index is 0. The molecule has 6 atom stereocenters. The van der Waals surface area contributed by atoms with Crippen molar-refractivity contribution in [2.75, 3.05) is 23.7 Å². The first-order valence-corrected chi connectivity index (χ1v) is 29.2. The lowest BCUT2D eigenvalue weighted by Crippen LogP contribution is -2.38. The molecule has 3 rings (SSSR count). The van der Waals surface area contributed by atoms with E-state index in [2.05, 4.69) is 16.0 Å². The quantitative estimate of drug-likeness (QED) is 0.0103. The highest BCUT2D eigenvalue weighted by molar-refractivity contribution is 7.99. The number of ether oxygens (including phenoxy) is 3. The highest BCUT2D eigenvalue weighted by Crippen LogP contribution is 2.46. The fourth-order valence-corrected chi connectivity index (χ4v) is 7.68. The molecular weight excluding hydrogens is 1170 g/mol. The van der Waals surface area contributed by atoms with Gasteiger partial charge in [0.2, 0.25) is 0 Å². The van der Waals surface area contributed by atoms with Crippen LogP contribution >= 0.6 is 70.8 Å². The van der Waals surface area contributed by atoms with E-state index in [0.29, 0.717) is 5.21 Å². The maximum absolute atomic E-state index is 12.9. The van der Waals surface area contributed by atoms with Gasteiger partial charge in [0, 0.05) is 36.4 Å². The number of hydrogen-bond donors (Lipinski definition) is 4. The van der Waals surface area contributed by atoms with Crippen molar-refractivity contribution in [2.24, 2.45) is 5.73 Å². The van der Waals surface area contributed by atoms with Gasteiger partial charge < -0.3 is 48.2 Å². The molecule has 3 aromatic carbocycles. The van der Waals surface area contributed by atoms with Crippen molar-refractivity contribution in [3.05, 3.63) is 103 Å². The smallest absolute Gasteiger partial charge is 0.460 e. The molecule has 6 unspecified atom stereocenters. The molecule has 436 valence electrons. The summed E-state index contributed by atoms with van der Waals surface area (Å²) < 4.78 is 74.6. The number of nitrogens with two attached hydrogens (primary N) is 1. The Labute approximate surface area is 466 Å². The fourth-order valence-electron chi connectivity index (χ4n) is 4.12. The summed E-state index contributed by atoms with van der Waals surface area (Å²) in [6.45, 7) is 14.6. The van der Waals surface area contributed by atoms with Gasteiger partial charge in [0.25, 0.3) is 24.8 Å². The van der Waals surface area contributed by atoms with Crippen LogP contribution < -0.4 is 39.3 Å². The molecular formula is C42H63Cl2N6O22P3S2-2. The van der Waals surface area contributed by atoms with E-state index in [1.54, 1.807) is 66.5 Å². The van der Waals surface area contributed by atoms with Crippen LogP contribution in [0, 0.1) is 43.2 Å². The van der Waals surface area contributed by atoms with Gasteiger partial charge in [-0.15, -0.1) is 60.4 Å². The zero-order valence-corrected chi connectivity index (χ0v) is 49.2. The number of rotatable bonds is 23. The van der Waals surface area contributed by atoms with Crippen LogP contribution in [0.1, 0.15) is 63.7 Å². The number of non-ortho nitro benzene ring substituents is 3. The number of nitro groups is 3. The second-order valence-electron chi connectivity index (χ2n) is 14.9. The number of phosphoric acid groups is 1. The van der Waals surface area contributed by atoms with Crippen molar-refractivity contribution in [2.45, 2.75) is 98.8 Å². The van der Waals surface area contributed by atoms with Gasteiger partial charge in [0.1, 0.15) is 42.7 Å². The van der Waals surface area contributed by atoms with Crippen molar-refractivity contribution in [1.29, 1.82) is 0 Å². The summed E-state index contributed by atoms with van der Waals surface area (Å²) in [5.41, 5.74) is 4.68. The highest BCUT2D eigenvalue weighted by Gasteiger charge is 2.32. The number of hydrogen-bond acceptors (Lipinski definition) is 24. The molecule has 0 saturated carbocycles. The molecule has 0 aliphatic rings. The average Bonchev–Trinajstić information content (AvgIpc) is 3.31. The van der Waals surface area contributed by atoms with Crippen molar-refractivity contribution >= 4 is 106 Å². The minimum Gasteiger partial charge on any atom is -0.756 e. The number of thioether (sulfide) groups is 2. The van der Waals surface area contributed by atoms with Crippen molar-refractivity contribution in [1.82, 2.24) is 10.2 Å². The van der Waals surface area contributed by atoms with Gasteiger partial charge in [-0.3, -0.25) is 58.4 Å². The fraction of sp³-hybridized carbons (Fsp3) is 0.452. The molecule has 0 fully saturated rings. The number of esters is 3. The van der Waals surface area contributed by atoms with Crippen LogP contribution in [-0.4, -0.2) is 97.7 Å². The van der Waals surface area contributed by atoms with E-state index < -0.39 is 68.1 Å². The third-order valence-electron chi connectivity index (χ3n) is 7.10. The van der Waals surface area contributed by atoms with E-state index in [9.17, 15) is 68.2 Å². The van der Waals surface area contributed by atoms with Crippen molar-refractivity contribution in [3.63, 3.8) is 0 Å². The van der Waals surface area contributed by atoms with Crippen LogP contribution in [0.5, 0.6) is 17.2 Å². The number of nitro benzene ring substituents is 3. The van der Waals surface area contributed by atoms with E-state index in [-0.39, 0.29) is 76.9 Å². The Morgan fingerprint density at radius 3 is 1.21 bits per heavy atom. The van der Waals surface area contributed by atoms with Gasteiger partial charge >= 0.3 is 33.5 Å². The normalized spacial score (nSPS) is 13.7. The predicted molar refractivity (Wildman–Crippen MR) is 290 cm³/mol. The maximum atomic E-state index is 12.9. The molecule has 3 aromatic rings. The second-order valence-corrected chi connectivity index (χ2v) is 21.4. The monoisotopic (exact) mass is 1230 g/mol. The third-order valence-corrected chi connectivity index (χ3v) is 11.7. The number of terminal acetylenes is 1. The standard InChI is InChI=1S/C14H21N2O7PS.C12H17N2O7P.C6H6NO6P.C6H13NO2.C2H5ClS.C2H2.ClH/c1-10(2)22-14(17)11(3)15-24(20,21-9-25-4)23-13-7-5-12(6-8-13)16(18)19;1-8(2)20-12(15)9(3)13-22(18,19)21-11-6-4-10(5-7-11)14(16)17;8-7(9)5-1-3-6(4-2-5)13-14(10,11)12;1-4(2)9-6(8)5(3)7;1-4-2-3;1-2;/h5-8,10-11H,9H2,1-4H3,(H,15,20);4-9H,1-3H3,(H2,13,18,19);1-4H,(H2,10,11,12);4-5H,7H2,1-3H3;2H2,1H3;1-2H;1H/p-2/i;;;;;1D;. The number of halogens is 2. The topological polar surface area (TPSA) is 413 Å². The Morgan fingerprint density at radius 2 is 0.948 bits per heavy atom. The Kier molecular flexibility index (Phi) is 40.6. The lowest BCUT2D eigenvalue weighted by molar-refractivity contribution is -0.385. The summed E-state index contributed by atoms with van der Waals surface area (Å²) in [7, 11) is -13.3. The molecule has 0 aliphatic heterocycles. The summed E-state index contributed by atoms with van der Waals surface area (Å²) in [4.78, 5) is 93.9. The largest absolute Gasteiger partial charge is 0.756 e. The molecule has 5 N–H and O–H groups in total. The number of carbonyl (C=O) groups excluding carboxylic acids is 3. The van der Waals surface area contributed by atoms with Gasteiger partial charge in [-0.25, -0.2) is 9.65 Å². The van der Waals surface area contributed by atoms with Gasteiger partial charge in [0.15, 0.2) is 0 Å².